The van der Waals surface area contributed by atoms with Crippen molar-refractivity contribution in [3.8, 4) is 22.9 Å². The highest BCUT2D eigenvalue weighted by atomic mass is 19.1. The molecule has 0 saturated carbocycles. The summed E-state index contributed by atoms with van der Waals surface area (Å²) in [6, 6.07) is 7.79. The van der Waals surface area contributed by atoms with Crippen LogP contribution in [0.25, 0.3) is 11.3 Å². The van der Waals surface area contributed by atoms with Gasteiger partial charge >= 0.3 is 0 Å². The van der Waals surface area contributed by atoms with Gasteiger partial charge in [0.2, 0.25) is 5.88 Å². The number of carbonyl (C=O) groups is 1. The minimum atomic E-state index is -0.389. The second-order valence-electron chi connectivity index (χ2n) is 7.83. The van der Waals surface area contributed by atoms with Crippen LogP contribution in [0, 0.1) is 11.7 Å². The van der Waals surface area contributed by atoms with Crippen LogP contribution in [-0.2, 0) is 12.8 Å². The summed E-state index contributed by atoms with van der Waals surface area (Å²) < 4.78 is 30.4. The highest BCUT2D eigenvalue weighted by Crippen LogP contribution is 2.39. The first-order valence-electron chi connectivity index (χ1n) is 10.0. The van der Waals surface area contributed by atoms with Gasteiger partial charge in [0.1, 0.15) is 23.4 Å². The van der Waals surface area contributed by atoms with E-state index in [1.165, 1.54) is 19.2 Å². The van der Waals surface area contributed by atoms with Gasteiger partial charge in [-0.15, -0.1) is 10.2 Å². The number of amides is 1. The van der Waals surface area contributed by atoms with Crippen molar-refractivity contribution in [2.75, 3.05) is 13.7 Å². The molecule has 1 atom stereocenters. The number of methoxy groups -OCH3 is 1. The predicted molar refractivity (Wildman–Crippen MR) is 109 cm³/mol. The fraction of sp³-hybridized carbons (Fsp3) is 0.364. The molecule has 0 saturated heterocycles. The molecule has 1 aliphatic heterocycles. The van der Waals surface area contributed by atoms with Crippen LogP contribution in [0.1, 0.15) is 35.7 Å². The molecule has 0 fully saturated rings. The molecule has 0 radical (unpaired) electrons. The third-order valence-electron chi connectivity index (χ3n) is 4.88. The van der Waals surface area contributed by atoms with Gasteiger partial charge in [0.15, 0.2) is 5.69 Å². The SMILES string of the molecule is COc1ccc(-c2cc(F)cc3c2O[C@H](CNC(=O)c2cc(CC(C)C)on2)C3)nn1. The van der Waals surface area contributed by atoms with Crippen molar-refractivity contribution in [1.82, 2.24) is 20.7 Å². The largest absolute Gasteiger partial charge is 0.487 e. The number of benzene rings is 1. The number of carbonyl (C=O) groups excluding carboxylic acids is 1. The van der Waals surface area contributed by atoms with Crippen LogP contribution in [0.4, 0.5) is 4.39 Å². The standard InChI is InChI=1S/C22H23FN4O4/c1-12(2)6-15-10-19(27-31-15)22(28)24-11-16-8-13-7-14(23)9-17(21(13)30-16)18-4-5-20(29-3)26-25-18/h4-5,7,9-10,12,16H,6,8,11H2,1-3H3,(H,24,28)/t16-/m0/s1. The first-order chi connectivity index (χ1) is 14.9. The molecular formula is C22H23FN4O4. The molecular weight excluding hydrogens is 403 g/mol. The first-order valence-corrected chi connectivity index (χ1v) is 10.0. The molecule has 1 aliphatic rings. The number of halogens is 1. The summed E-state index contributed by atoms with van der Waals surface area (Å²) >= 11 is 0. The van der Waals surface area contributed by atoms with E-state index in [0.29, 0.717) is 53.0 Å². The zero-order chi connectivity index (χ0) is 22.0. The van der Waals surface area contributed by atoms with Crippen LogP contribution in [0.15, 0.2) is 34.9 Å². The minimum Gasteiger partial charge on any atom is -0.487 e. The molecule has 1 aromatic carbocycles. The predicted octanol–water partition coefficient (Wildman–Crippen LogP) is 3.21. The molecule has 0 spiro atoms. The van der Waals surface area contributed by atoms with Gasteiger partial charge in [-0.1, -0.05) is 19.0 Å². The number of nitrogens with one attached hydrogen (secondary N) is 1. The number of aromatic nitrogens is 3. The normalized spacial score (nSPS) is 14.9. The van der Waals surface area contributed by atoms with Gasteiger partial charge in [-0.05, 0) is 24.1 Å². The summed E-state index contributed by atoms with van der Waals surface area (Å²) in [5.74, 6) is 1.25. The van der Waals surface area contributed by atoms with Gasteiger partial charge in [0.05, 0.1) is 19.3 Å². The van der Waals surface area contributed by atoms with E-state index in [9.17, 15) is 9.18 Å². The monoisotopic (exact) mass is 426 g/mol. The molecule has 1 amide bonds. The van der Waals surface area contributed by atoms with Gasteiger partial charge in [0.25, 0.3) is 5.91 Å². The van der Waals surface area contributed by atoms with Crippen LogP contribution < -0.4 is 14.8 Å². The molecule has 1 N–H and O–H groups in total. The van der Waals surface area contributed by atoms with Gasteiger partial charge in [-0.25, -0.2) is 4.39 Å². The summed E-state index contributed by atoms with van der Waals surface area (Å²) in [4.78, 5) is 12.4. The van der Waals surface area contributed by atoms with E-state index in [4.69, 9.17) is 14.0 Å². The number of nitrogens with zero attached hydrogens (tertiary/aromatic N) is 3. The third kappa shape index (κ3) is 4.65. The summed E-state index contributed by atoms with van der Waals surface area (Å²) in [6.07, 6.45) is 0.832. The molecule has 0 bridgehead atoms. The lowest BCUT2D eigenvalue weighted by atomic mass is 10.0. The Morgan fingerprint density at radius 1 is 1.29 bits per heavy atom. The number of hydrogen-bond donors (Lipinski definition) is 1. The van der Waals surface area contributed by atoms with Crippen molar-refractivity contribution in [2.45, 2.75) is 32.8 Å². The first kappa shape index (κ1) is 20.8. The molecule has 162 valence electrons. The van der Waals surface area contributed by atoms with Crippen molar-refractivity contribution in [3.05, 3.63) is 53.2 Å². The molecule has 0 unspecified atom stereocenters. The molecule has 2 aromatic heterocycles. The van der Waals surface area contributed by atoms with Crippen LogP contribution in [0.2, 0.25) is 0 Å². The van der Waals surface area contributed by atoms with Crippen molar-refractivity contribution in [2.24, 2.45) is 5.92 Å². The molecule has 8 nitrogen and oxygen atoms in total. The Bertz CT molecular complexity index is 1080. The Labute approximate surface area is 178 Å². The molecule has 3 aromatic rings. The number of ether oxygens (including phenoxy) is 2. The average Bonchev–Trinajstić information content (AvgIpc) is 3.37. The average molecular weight is 426 g/mol. The van der Waals surface area contributed by atoms with Crippen molar-refractivity contribution < 1.29 is 23.2 Å². The van der Waals surface area contributed by atoms with E-state index in [1.54, 1.807) is 18.2 Å². The fourth-order valence-electron chi connectivity index (χ4n) is 3.49. The summed E-state index contributed by atoms with van der Waals surface area (Å²) in [5, 5.41) is 14.7. The molecule has 3 heterocycles. The van der Waals surface area contributed by atoms with Crippen LogP contribution in [0.3, 0.4) is 0 Å². The van der Waals surface area contributed by atoms with Crippen LogP contribution in [0.5, 0.6) is 11.6 Å². The maximum absolute atomic E-state index is 14.2. The number of hydrogen-bond acceptors (Lipinski definition) is 7. The lowest BCUT2D eigenvalue weighted by molar-refractivity contribution is 0.0924. The summed E-state index contributed by atoms with van der Waals surface area (Å²) in [5.41, 5.74) is 1.93. The summed E-state index contributed by atoms with van der Waals surface area (Å²) in [6.45, 7) is 4.37. The van der Waals surface area contributed by atoms with Crippen molar-refractivity contribution in [3.63, 3.8) is 0 Å². The van der Waals surface area contributed by atoms with Crippen molar-refractivity contribution in [1.29, 1.82) is 0 Å². The second-order valence-corrected chi connectivity index (χ2v) is 7.83. The van der Waals surface area contributed by atoms with Crippen LogP contribution in [-0.4, -0.2) is 41.0 Å². The number of fused-ring (bicyclic) bond motifs is 1. The number of rotatable bonds is 7. The topological polar surface area (TPSA) is 99.4 Å². The van der Waals surface area contributed by atoms with E-state index >= 15 is 0 Å². The smallest absolute Gasteiger partial charge is 0.273 e. The Morgan fingerprint density at radius 2 is 2.13 bits per heavy atom. The quantitative estimate of drug-likeness (QED) is 0.619. The van der Waals surface area contributed by atoms with Gasteiger partial charge < -0.3 is 19.3 Å². The zero-order valence-corrected chi connectivity index (χ0v) is 17.5. The lowest BCUT2D eigenvalue weighted by Crippen LogP contribution is -2.34. The van der Waals surface area contributed by atoms with E-state index in [0.717, 1.165) is 0 Å². The fourth-order valence-corrected chi connectivity index (χ4v) is 3.49. The Hall–Kier alpha value is -3.49. The lowest BCUT2D eigenvalue weighted by Gasteiger charge is -2.13. The maximum Gasteiger partial charge on any atom is 0.273 e. The van der Waals surface area contributed by atoms with E-state index < -0.39 is 0 Å². The molecule has 4 rings (SSSR count). The Morgan fingerprint density at radius 3 is 2.84 bits per heavy atom. The van der Waals surface area contributed by atoms with Crippen LogP contribution >= 0.6 is 0 Å². The van der Waals surface area contributed by atoms with Gasteiger partial charge in [0, 0.05) is 36.1 Å². The van der Waals surface area contributed by atoms with E-state index in [1.807, 2.05) is 0 Å². The van der Waals surface area contributed by atoms with Gasteiger partial charge in [-0.3, -0.25) is 4.79 Å². The highest BCUT2D eigenvalue weighted by molar-refractivity contribution is 5.92. The molecule has 9 heteroatoms. The zero-order valence-electron chi connectivity index (χ0n) is 17.5. The third-order valence-corrected chi connectivity index (χ3v) is 4.88. The molecule has 0 aliphatic carbocycles. The van der Waals surface area contributed by atoms with Gasteiger partial charge in [-0.2, -0.15) is 0 Å². The van der Waals surface area contributed by atoms with Crippen molar-refractivity contribution >= 4 is 5.91 Å². The minimum absolute atomic E-state index is 0.228. The second kappa shape index (κ2) is 8.71. The summed E-state index contributed by atoms with van der Waals surface area (Å²) in [7, 11) is 1.50. The van der Waals surface area contributed by atoms with E-state index in [-0.39, 0.29) is 30.1 Å². The van der Waals surface area contributed by atoms with E-state index in [2.05, 4.69) is 34.5 Å². The highest BCUT2D eigenvalue weighted by Gasteiger charge is 2.28. The maximum atomic E-state index is 14.2. The Balaban J connectivity index is 1.43. The molecule has 31 heavy (non-hydrogen) atoms. The Kier molecular flexibility index (Phi) is 5.83.